The standard InChI is InChI=1S/C21H25NO4/c1-26-21(25)19(22-13-5-6-14-23)15-20(24)18-11-9-17(10-12-18)16-7-3-2-4-8-16/h2-4,7-12,19,22-23H,5-6,13-15H2,1H3. The molecule has 1 unspecified atom stereocenters. The molecule has 0 aliphatic carbocycles. The lowest BCUT2D eigenvalue weighted by Gasteiger charge is -2.16. The summed E-state index contributed by atoms with van der Waals surface area (Å²) in [4.78, 5) is 24.4. The fraction of sp³-hybridized carbons (Fsp3) is 0.333. The Hall–Kier alpha value is -2.50. The first kappa shape index (κ1) is 19.8. The fourth-order valence-corrected chi connectivity index (χ4v) is 2.68. The number of carbonyl (C=O) groups excluding carboxylic acids is 2. The van der Waals surface area contributed by atoms with Crippen LogP contribution in [0.3, 0.4) is 0 Å². The SMILES string of the molecule is COC(=O)C(CC(=O)c1ccc(-c2ccccc2)cc1)NCCCCO. The summed E-state index contributed by atoms with van der Waals surface area (Å²) in [5.41, 5.74) is 2.69. The van der Waals surface area contributed by atoms with Gasteiger partial charge in [0.2, 0.25) is 0 Å². The maximum Gasteiger partial charge on any atom is 0.323 e. The van der Waals surface area contributed by atoms with E-state index in [0.29, 0.717) is 18.5 Å². The van der Waals surface area contributed by atoms with Gasteiger partial charge < -0.3 is 15.2 Å². The van der Waals surface area contributed by atoms with Crippen molar-refractivity contribution in [2.75, 3.05) is 20.3 Å². The van der Waals surface area contributed by atoms with E-state index >= 15 is 0 Å². The zero-order chi connectivity index (χ0) is 18.8. The van der Waals surface area contributed by atoms with Gasteiger partial charge in [-0.05, 0) is 30.5 Å². The van der Waals surface area contributed by atoms with E-state index in [9.17, 15) is 9.59 Å². The van der Waals surface area contributed by atoms with Gasteiger partial charge in [-0.15, -0.1) is 0 Å². The van der Waals surface area contributed by atoms with Gasteiger partial charge in [-0.2, -0.15) is 0 Å². The molecule has 1 atom stereocenters. The van der Waals surface area contributed by atoms with Gasteiger partial charge in [-0.1, -0.05) is 54.6 Å². The van der Waals surface area contributed by atoms with Gasteiger partial charge in [0.15, 0.2) is 5.78 Å². The Kier molecular flexibility index (Phi) is 7.99. The largest absolute Gasteiger partial charge is 0.468 e. The lowest BCUT2D eigenvalue weighted by molar-refractivity contribution is -0.143. The van der Waals surface area contributed by atoms with Gasteiger partial charge in [0.1, 0.15) is 6.04 Å². The van der Waals surface area contributed by atoms with Gasteiger partial charge in [-0.25, -0.2) is 0 Å². The second kappa shape index (κ2) is 10.5. The van der Waals surface area contributed by atoms with Crippen LogP contribution in [-0.2, 0) is 9.53 Å². The Morgan fingerprint density at radius 3 is 2.27 bits per heavy atom. The summed E-state index contributed by atoms with van der Waals surface area (Å²) >= 11 is 0. The summed E-state index contributed by atoms with van der Waals surface area (Å²) in [5.74, 6) is -0.571. The van der Waals surface area contributed by atoms with Crippen molar-refractivity contribution in [1.29, 1.82) is 0 Å². The number of methoxy groups -OCH3 is 1. The molecule has 0 aliphatic heterocycles. The second-order valence-corrected chi connectivity index (χ2v) is 6.03. The molecule has 0 heterocycles. The average Bonchev–Trinajstić information content (AvgIpc) is 2.70. The number of Topliss-reactive ketones (excluding diaryl/α,β-unsaturated/α-hetero) is 1. The van der Waals surface area contributed by atoms with Crippen molar-refractivity contribution >= 4 is 11.8 Å². The number of hydrogen-bond acceptors (Lipinski definition) is 5. The number of hydrogen-bond donors (Lipinski definition) is 2. The maximum absolute atomic E-state index is 12.5. The van der Waals surface area contributed by atoms with Crippen LogP contribution < -0.4 is 5.32 Å². The molecular weight excluding hydrogens is 330 g/mol. The Balaban J connectivity index is 2.00. The first-order valence-corrected chi connectivity index (χ1v) is 8.76. The predicted octanol–water partition coefficient (Wildman–Crippen LogP) is 2.83. The highest BCUT2D eigenvalue weighted by atomic mass is 16.5. The molecule has 5 nitrogen and oxygen atoms in total. The number of esters is 1. The smallest absolute Gasteiger partial charge is 0.323 e. The molecule has 0 spiro atoms. The van der Waals surface area contributed by atoms with E-state index in [-0.39, 0.29) is 18.8 Å². The van der Waals surface area contributed by atoms with Crippen LogP contribution in [0.15, 0.2) is 54.6 Å². The summed E-state index contributed by atoms with van der Waals surface area (Å²) < 4.78 is 4.78. The number of carbonyl (C=O) groups is 2. The number of nitrogens with one attached hydrogen (secondary N) is 1. The van der Waals surface area contributed by atoms with Crippen LogP contribution in [-0.4, -0.2) is 43.2 Å². The normalized spacial score (nSPS) is 11.8. The van der Waals surface area contributed by atoms with Crippen molar-refractivity contribution in [2.24, 2.45) is 0 Å². The minimum atomic E-state index is -0.681. The lowest BCUT2D eigenvalue weighted by Crippen LogP contribution is -2.40. The van der Waals surface area contributed by atoms with Crippen LogP contribution in [0.2, 0.25) is 0 Å². The minimum Gasteiger partial charge on any atom is -0.468 e. The first-order chi connectivity index (χ1) is 12.7. The number of unbranched alkanes of at least 4 members (excludes halogenated alkanes) is 1. The van der Waals surface area contributed by atoms with Crippen LogP contribution in [0, 0.1) is 0 Å². The Morgan fingerprint density at radius 2 is 1.65 bits per heavy atom. The molecule has 0 aliphatic rings. The van der Waals surface area contributed by atoms with Crippen molar-refractivity contribution in [3.05, 3.63) is 60.2 Å². The third-order valence-electron chi connectivity index (χ3n) is 4.16. The molecule has 26 heavy (non-hydrogen) atoms. The average molecular weight is 355 g/mol. The summed E-state index contributed by atoms with van der Waals surface area (Å²) in [5, 5.41) is 11.8. The lowest BCUT2D eigenvalue weighted by atomic mass is 9.99. The van der Waals surface area contributed by atoms with E-state index in [2.05, 4.69) is 5.32 Å². The molecule has 138 valence electrons. The molecule has 0 saturated carbocycles. The third kappa shape index (κ3) is 5.79. The quantitative estimate of drug-likeness (QED) is 0.389. The van der Waals surface area contributed by atoms with Crippen molar-refractivity contribution in [3.63, 3.8) is 0 Å². The molecular formula is C21H25NO4. The predicted molar refractivity (Wildman–Crippen MR) is 101 cm³/mol. The summed E-state index contributed by atoms with van der Waals surface area (Å²) in [6.07, 6.45) is 1.41. The van der Waals surface area contributed by atoms with Gasteiger partial charge in [-0.3, -0.25) is 9.59 Å². The molecule has 2 rings (SSSR count). The molecule has 0 saturated heterocycles. The second-order valence-electron chi connectivity index (χ2n) is 6.03. The van der Waals surface area contributed by atoms with E-state index in [0.717, 1.165) is 17.5 Å². The molecule has 0 aromatic heterocycles. The molecule has 0 bridgehead atoms. The highest BCUT2D eigenvalue weighted by Gasteiger charge is 2.22. The molecule has 0 amide bonds. The van der Waals surface area contributed by atoms with Crippen LogP contribution >= 0.6 is 0 Å². The van der Waals surface area contributed by atoms with Crippen LogP contribution in [0.5, 0.6) is 0 Å². The van der Waals surface area contributed by atoms with Crippen molar-refractivity contribution < 1.29 is 19.4 Å². The molecule has 0 fully saturated rings. The van der Waals surface area contributed by atoms with E-state index < -0.39 is 12.0 Å². The number of aliphatic hydroxyl groups excluding tert-OH is 1. The topological polar surface area (TPSA) is 75.6 Å². The van der Waals surface area contributed by atoms with Crippen LogP contribution in [0.4, 0.5) is 0 Å². The van der Waals surface area contributed by atoms with E-state index in [4.69, 9.17) is 9.84 Å². The minimum absolute atomic E-state index is 0.0382. The molecule has 2 N–H and O–H groups in total. The molecule has 0 radical (unpaired) electrons. The van der Waals surface area contributed by atoms with Gasteiger partial charge in [0.25, 0.3) is 0 Å². The summed E-state index contributed by atoms with van der Waals surface area (Å²) in [7, 11) is 1.31. The van der Waals surface area contributed by atoms with Crippen LogP contribution in [0.1, 0.15) is 29.6 Å². The van der Waals surface area contributed by atoms with Crippen molar-refractivity contribution in [1.82, 2.24) is 5.32 Å². The van der Waals surface area contributed by atoms with Crippen LogP contribution in [0.25, 0.3) is 11.1 Å². The zero-order valence-electron chi connectivity index (χ0n) is 15.0. The zero-order valence-corrected chi connectivity index (χ0v) is 15.0. The Morgan fingerprint density at radius 1 is 1.00 bits per heavy atom. The number of ketones is 1. The van der Waals surface area contributed by atoms with E-state index in [1.54, 1.807) is 12.1 Å². The van der Waals surface area contributed by atoms with E-state index in [1.807, 2.05) is 42.5 Å². The van der Waals surface area contributed by atoms with Gasteiger partial charge in [0.05, 0.1) is 7.11 Å². The first-order valence-electron chi connectivity index (χ1n) is 8.76. The Bertz CT molecular complexity index is 698. The molecule has 2 aromatic rings. The monoisotopic (exact) mass is 355 g/mol. The summed E-state index contributed by atoms with van der Waals surface area (Å²) in [6.45, 7) is 0.651. The van der Waals surface area contributed by atoms with Gasteiger partial charge in [0, 0.05) is 18.6 Å². The van der Waals surface area contributed by atoms with Gasteiger partial charge >= 0.3 is 5.97 Å². The van der Waals surface area contributed by atoms with Crippen molar-refractivity contribution in [2.45, 2.75) is 25.3 Å². The number of rotatable bonds is 10. The number of ether oxygens (including phenoxy) is 1. The van der Waals surface area contributed by atoms with E-state index in [1.165, 1.54) is 7.11 Å². The van der Waals surface area contributed by atoms with Crippen molar-refractivity contribution in [3.8, 4) is 11.1 Å². The fourth-order valence-electron chi connectivity index (χ4n) is 2.68. The Labute approximate surface area is 154 Å². The molecule has 2 aromatic carbocycles. The third-order valence-corrected chi connectivity index (χ3v) is 4.16. The maximum atomic E-state index is 12.5. The highest BCUT2D eigenvalue weighted by Crippen LogP contribution is 2.20. The number of aliphatic hydroxyl groups is 1. The highest BCUT2D eigenvalue weighted by molar-refractivity contribution is 5.99. The molecule has 5 heteroatoms. The summed E-state index contributed by atoms with van der Waals surface area (Å²) in [6, 6.07) is 16.6. The number of benzene rings is 2.